The lowest BCUT2D eigenvalue weighted by Gasteiger charge is -2.34. The number of pyridine rings is 2. The second-order valence-corrected chi connectivity index (χ2v) is 8.50. The molecule has 0 radical (unpaired) electrons. The maximum Gasteiger partial charge on any atom is 0.126 e. The molecule has 0 bridgehead atoms. The fourth-order valence-electron chi connectivity index (χ4n) is 4.52. The number of nitrogens with zero attached hydrogens (tertiary/aromatic N) is 4. The fourth-order valence-corrected chi connectivity index (χ4v) is 4.52. The maximum atomic E-state index is 14.1. The quantitative estimate of drug-likeness (QED) is 0.466. The van der Waals surface area contributed by atoms with Crippen LogP contribution in [0.15, 0.2) is 55.0 Å². The largest absolute Gasteiger partial charge is 0.397 e. The van der Waals surface area contributed by atoms with E-state index in [-0.39, 0.29) is 6.04 Å². The Morgan fingerprint density at radius 3 is 2.38 bits per heavy atom. The van der Waals surface area contributed by atoms with Crippen molar-refractivity contribution < 1.29 is 8.78 Å². The first-order valence-corrected chi connectivity index (χ1v) is 11.0. The summed E-state index contributed by atoms with van der Waals surface area (Å²) in [4.78, 5) is 10.9. The molecule has 0 spiro atoms. The van der Waals surface area contributed by atoms with Gasteiger partial charge in [-0.05, 0) is 48.2 Å². The van der Waals surface area contributed by atoms with Crippen molar-refractivity contribution in [3.63, 3.8) is 0 Å². The summed E-state index contributed by atoms with van der Waals surface area (Å²) in [5, 5.41) is 10.2. The highest BCUT2D eigenvalue weighted by atomic mass is 19.1. The molecule has 4 N–H and O–H groups in total. The van der Waals surface area contributed by atoms with Gasteiger partial charge in [0.1, 0.15) is 17.7 Å². The van der Waals surface area contributed by atoms with Crippen molar-refractivity contribution in [1.82, 2.24) is 9.97 Å². The number of rotatable bonds is 3. The molecule has 0 amide bonds. The molecule has 1 aliphatic heterocycles. The first-order chi connectivity index (χ1) is 16.4. The smallest absolute Gasteiger partial charge is 0.126 e. The van der Waals surface area contributed by atoms with Crippen molar-refractivity contribution >= 4 is 22.3 Å². The maximum absolute atomic E-state index is 14.1. The molecule has 0 saturated carbocycles. The zero-order valence-electron chi connectivity index (χ0n) is 18.3. The highest BCUT2D eigenvalue weighted by Gasteiger charge is 2.23. The number of nitrogens with two attached hydrogens (primary N) is 2. The number of nitrogen functional groups attached to an aromatic ring is 1. The Balaban J connectivity index is 1.76. The van der Waals surface area contributed by atoms with Gasteiger partial charge in [0.05, 0.1) is 22.5 Å². The molecule has 5 rings (SSSR count). The van der Waals surface area contributed by atoms with Crippen LogP contribution < -0.4 is 16.4 Å². The van der Waals surface area contributed by atoms with E-state index in [4.69, 9.17) is 11.5 Å². The third kappa shape index (κ3) is 3.91. The van der Waals surface area contributed by atoms with Crippen LogP contribution in [0.3, 0.4) is 0 Å². The average molecular weight is 457 g/mol. The first-order valence-electron chi connectivity index (χ1n) is 11.0. The zero-order valence-corrected chi connectivity index (χ0v) is 18.3. The second kappa shape index (κ2) is 8.69. The van der Waals surface area contributed by atoms with Crippen molar-refractivity contribution in [2.75, 3.05) is 23.7 Å². The van der Waals surface area contributed by atoms with E-state index in [1.165, 1.54) is 18.3 Å². The monoisotopic (exact) mass is 456 g/mol. The lowest BCUT2D eigenvalue weighted by molar-refractivity contribution is 0.502. The van der Waals surface area contributed by atoms with Crippen LogP contribution >= 0.6 is 0 Å². The summed E-state index contributed by atoms with van der Waals surface area (Å²) in [7, 11) is 0. The lowest BCUT2D eigenvalue weighted by Crippen LogP contribution is -2.40. The van der Waals surface area contributed by atoms with Crippen molar-refractivity contribution in [2.24, 2.45) is 5.73 Å². The Labute approximate surface area is 195 Å². The highest BCUT2D eigenvalue weighted by Crippen LogP contribution is 2.40. The van der Waals surface area contributed by atoms with Crippen LogP contribution in [0.4, 0.5) is 20.2 Å². The van der Waals surface area contributed by atoms with Crippen molar-refractivity contribution in [2.45, 2.75) is 18.9 Å². The number of fused-ring (bicyclic) bond motifs is 1. The summed E-state index contributed by atoms with van der Waals surface area (Å²) >= 11 is 0. The predicted molar refractivity (Wildman–Crippen MR) is 129 cm³/mol. The minimum atomic E-state index is -0.650. The molecular formula is C26H22F2N6. The summed E-state index contributed by atoms with van der Waals surface area (Å²) in [6.45, 7) is 1.42. The van der Waals surface area contributed by atoms with E-state index >= 15 is 0 Å². The van der Waals surface area contributed by atoms with E-state index in [1.54, 1.807) is 12.4 Å². The number of benzene rings is 2. The molecule has 1 aliphatic rings. The summed E-state index contributed by atoms with van der Waals surface area (Å²) in [6.07, 6.45) is 6.33. The number of piperidine rings is 1. The number of halogens is 2. The molecule has 1 fully saturated rings. The molecule has 0 aliphatic carbocycles. The lowest BCUT2D eigenvalue weighted by atomic mass is 9.96. The minimum absolute atomic E-state index is 0.120. The van der Waals surface area contributed by atoms with Gasteiger partial charge in [-0.3, -0.25) is 9.97 Å². The predicted octanol–water partition coefficient (Wildman–Crippen LogP) is 4.62. The van der Waals surface area contributed by atoms with Crippen molar-refractivity contribution in [3.8, 4) is 28.3 Å². The van der Waals surface area contributed by atoms with Gasteiger partial charge in [0, 0.05) is 60.3 Å². The summed E-state index contributed by atoms with van der Waals surface area (Å²) in [6, 6.07) is 11.4. The molecule has 1 saturated heterocycles. The Kier molecular flexibility index (Phi) is 5.56. The first kappa shape index (κ1) is 21.7. The second-order valence-electron chi connectivity index (χ2n) is 8.50. The normalized spacial score (nSPS) is 14.4. The fraction of sp³-hybridized carbons (Fsp3) is 0.192. The van der Waals surface area contributed by atoms with Crippen LogP contribution in [0.1, 0.15) is 18.4 Å². The molecule has 0 unspecified atom stereocenters. The molecule has 34 heavy (non-hydrogen) atoms. The van der Waals surface area contributed by atoms with Crippen LogP contribution in [-0.4, -0.2) is 29.1 Å². The molecule has 2 aromatic carbocycles. The van der Waals surface area contributed by atoms with Crippen LogP contribution in [-0.2, 0) is 0 Å². The van der Waals surface area contributed by atoms with Crippen LogP contribution in [0.2, 0.25) is 0 Å². The van der Waals surface area contributed by atoms with Gasteiger partial charge in [0.25, 0.3) is 0 Å². The van der Waals surface area contributed by atoms with E-state index in [2.05, 4.69) is 20.9 Å². The third-order valence-corrected chi connectivity index (χ3v) is 6.29. The minimum Gasteiger partial charge on any atom is -0.397 e. The van der Waals surface area contributed by atoms with E-state index in [0.29, 0.717) is 41.0 Å². The SMILES string of the molecule is N#Cc1cncc(-c2ccc3ncc(-c4cc(F)cc(F)c4)c(N4CCC(N)CC4)c3c2)c1N. The molecule has 0 atom stereocenters. The van der Waals surface area contributed by atoms with Gasteiger partial charge in [0.2, 0.25) is 0 Å². The highest BCUT2D eigenvalue weighted by molar-refractivity contribution is 6.02. The van der Waals surface area contributed by atoms with E-state index < -0.39 is 11.6 Å². The average Bonchev–Trinajstić information content (AvgIpc) is 2.83. The van der Waals surface area contributed by atoms with Crippen LogP contribution in [0.25, 0.3) is 33.2 Å². The van der Waals surface area contributed by atoms with E-state index in [0.717, 1.165) is 41.1 Å². The third-order valence-electron chi connectivity index (χ3n) is 6.29. The molecule has 6 nitrogen and oxygen atoms in total. The molecule has 4 aromatic rings. The van der Waals surface area contributed by atoms with Crippen LogP contribution in [0.5, 0.6) is 0 Å². The Morgan fingerprint density at radius 1 is 0.941 bits per heavy atom. The van der Waals surface area contributed by atoms with Gasteiger partial charge in [0.15, 0.2) is 0 Å². The van der Waals surface area contributed by atoms with Gasteiger partial charge in [-0.1, -0.05) is 6.07 Å². The number of nitriles is 1. The Morgan fingerprint density at radius 2 is 1.68 bits per heavy atom. The summed E-state index contributed by atoms with van der Waals surface area (Å²) in [5.74, 6) is -1.30. The van der Waals surface area contributed by atoms with E-state index in [9.17, 15) is 14.0 Å². The molecule has 2 aromatic heterocycles. The van der Waals surface area contributed by atoms with Gasteiger partial charge in [-0.25, -0.2) is 8.78 Å². The number of aromatic nitrogens is 2. The topological polar surface area (TPSA) is 105 Å². The van der Waals surface area contributed by atoms with Crippen molar-refractivity contribution in [3.05, 3.63) is 72.2 Å². The summed E-state index contributed by atoms with van der Waals surface area (Å²) in [5.41, 5.74) is 17.0. The van der Waals surface area contributed by atoms with Gasteiger partial charge < -0.3 is 16.4 Å². The Hall–Kier alpha value is -4.09. The molecule has 3 heterocycles. The van der Waals surface area contributed by atoms with Gasteiger partial charge in [-0.2, -0.15) is 5.26 Å². The van der Waals surface area contributed by atoms with Gasteiger partial charge >= 0.3 is 0 Å². The van der Waals surface area contributed by atoms with Gasteiger partial charge in [-0.15, -0.1) is 0 Å². The molecule has 8 heteroatoms. The van der Waals surface area contributed by atoms with Crippen LogP contribution in [0, 0.1) is 23.0 Å². The molecule has 170 valence electrons. The van der Waals surface area contributed by atoms with E-state index in [1.807, 2.05) is 18.2 Å². The zero-order chi connectivity index (χ0) is 23.8. The number of anilines is 2. The Bertz CT molecular complexity index is 1420. The molecular weight excluding hydrogens is 434 g/mol. The number of hydrogen-bond acceptors (Lipinski definition) is 6. The van der Waals surface area contributed by atoms with Crippen molar-refractivity contribution in [1.29, 1.82) is 5.26 Å². The summed E-state index contributed by atoms with van der Waals surface area (Å²) < 4.78 is 28.2. The standard InChI is InChI=1S/C26H22F2N6/c27-18-7-16(8-19(28)10-18)23-14-33-24-2-1-15(22-13-32-12-17(11-29)25(22)31)9-21(24)26(23)34-5-3-20(30)4-6-34/h1-2,7-10,12-14,20H,3-6,30H2,(H2,31,32). The number of hydrogen-bond donors (Lipinski definition) is 2.